The van der Waals surface area contributed by atoms with Crippen molar-refractivity contribution in [2.45, 2.75) is 20.8 Å². The quantitative estimate of drug-likeness (QED) is 0.440. The molecule has 0 radical (unpaired) electrons. The zero-order valence-corrected chi connectivity index (χ0v) is 16.8. The van der Waals surface area contributed by atoms with Crippen molar-refractivity contribution in [1.82, 2.24) is 25.4 Å². The standard InChI is InChI=1S/C18H26N6O2S/c1-13-10-16(15(3)24(13)17-11-14(2)26-22-17)12-20-21-18(27)19-4-5-23-6-8-25-9-7-23/h10-12H,4-9H2,1-3H3,(H2,19,21,27)/b20-12-. The largest absolute Gasteiger partial charge is 0.379 e. The van der Waals surface area contributed by atoms with Crippen molar-refractivity contribution >= 4 is 23.5 Å². The summed E-state index contributed by atoms with van der Waals surface area (Å²) in [7, 11) is 0. The summed E-state index contributed by atoms with van der Waals surface area (Å²) >= 11 is 5.27. The minimum absolute atomic E-state index is 0.514. The van der Waals surface area contributed by atoms with E-state index in [1.54, 1.807) is 6.21 Å². The highest BCUT2D eigenvalue weighted by molar-refractivity contribution is 7.80. The van der Waals surface area contributed by atoms with E-state index in [1.807, 2.05) is 31.4 Å². The minimum atomic E-state index is 0.514. The van der Waals surface area contributed by atoms with Gasteiger partial charge in [-0.3, -0.25) is 14.9 Å². The summed E-state index contributed by atoms with van der Waals surface area (Å²) in [5.74, 6) is 1.55. The maximum absolute atomic E-state index is 5.34. The van der Waals surface area contributed by atoms with Crippen LogP contribution in [0.2, 0.25) is 0 Å². The Morgan fingerprint density at radius 2 is 2.07 bits per heavy atom. The molecule has 1 fully saturated rings. The van der Waals surface area contributed by atoms with E-state index in [4.69, 9.17) is 21.5 Å². The van der Waals surface area contributed by atoms with Crippen LogP contribution < -0.4 is 10.7 Å². The van der Waals surface area contributed by atoms with E-state index in [0.29, 0.717) is 5.11 Å². The third kappa shape index (κ3) is 5.15. The van der Waals surface area contributed by atoms with Crippen LogP contribution in [0.3, 0.4) is 0 Å². The lowest BCUT2D eigenvalue weighted by atomic mass is 10.3. The zero-order chi connectivity index (χ0) is 19.2. The molecule has 0 amide bonds. The third-order valence-electron chi connectivity index (χ3n) is 4.50. The lowest BCUT2D eigenvalue weighted by Gasteiger charge is -2.26. The second-order valence-corrected chi connectivity index (χ2v) is 6.95. The number of rotatable bonds is 6. The average molecular weight is 391 g/mol. The molecule has 0 bridgehead atoms. The number of ether oxygens (including phenoxy) is 1. The van der Waals surface area contributed by atoms with Gasteiger partial charge in [0.2, 0.25) is 0 Å². The summed E-state index contributed by atoms with van der Waals surface area (Å²) in [6.45, 7) is 11.2. The van der Waals surface area contributed by atoms with Crippen LogP contribution in [0.4, 0.5) is 0 Å². The molecule has 0 unspecified atom stereocenters. The Labute approximate surface area is 164 Å². The van der Waals surface area contributed by atoms with Crippen molar-refractivity contribution in [3.05, 3.63) is 34.8 Å². The van der Waals surface area contributed by atoms with E-state index in [2.05, 4.69) is 32.0 Å². The molecule has 2 aromatic rings. The smallest absolute Gasteiger partial charge is 0.187 e. The topological polar surface area (TPSA) is 79.9 Å². The van der Waals surface area contributed by atoms with Gasteiger partial charge >= 0.3 is 0 Å². The summed E-state index contributed by atoms with van der Waals surface area (Å²) in [6, 6.07) is 3.96. The molecule has 0 aliphatic carbocycles. The van der Waals surface area contributed by atoms with Crippen LogP contribution in [0.15, 0.2) is 21.8 Å². The third-order valence-corrected chi connectivity index (χ3v) is 4.74. The Morgan fingerprint density at radius 3 is 2.78 bits per heavy atom. The molecule has 3 rings (SSSR count). The van der Waals surface area contributed by atoms with Gasteiger partial charge in [0.15, 0.2) is 10.9 Å². The molecular formula is C18H26N6O2S. The van der Waals surface area contributed by atoms with E-state index in [9.17, 15) is 0 Å². The Bertz CT molecular complexity index is 807. The van der Waals surface area contributed by atoms with Crippen molar-refractivity contribution in [3.63, 3.8) is 0 Å². The van der Waals surface area contributed by atoms with Gasteiger partial charge in [-0.05, 0) is 39.1 Å². The van der Waals surface area contributed by atoms with Gasteiger partial charge in [-0.2, -0.15) is 5.10 Å². The summed E-state index contributed by atoms with van der Waals surface area (Å²) in [5, 5.41) is 12.0. The molecule has 146 valence electrons. The molecule has 2 N–H and O–H groups in total. The number of hydrazone groups is 1. The van der Waals surface area contributed by atoms with E-state index in [0.717, 1.165) is 67.9 Å². The van der Waals surface area contributed by atoms with Crippen molar-refractivity contribution in [2.75, 3.05) is 39.4 Å². The Balaban J connectivity index is 1.50. The van der Waals surface area contributed by atoms with Gasteiger partial charge in [-0.25, -0.2) is 0 Å². The van der Waals surface area contributed by atoms with Gasteiger partial charge in [-0.15, -0.1) is 0 Å². The van der Waals surface area contributed by atoms with Gasteiger partial charge < -0.3 is 14.6 Å². The molecule has 2 aromatic heterocycles. The molecular weight excluding hydrogens is 364 g/mol. The predicted octanol–water partition coefficient (Wildman–Crippen LogP) is 1.52. The van der Waals surface area contributed by atoms with Crippen LogP contribution in [0.5, 0.6) is 0 Å². The molecule has 8 nitrogen and oxygen atoms in total. The fourth-order valence-corrected chi connectivity index (χ4v) is 3.24. The SMILES string of the molecule is Cc1cc(-n2c(C)cc(/C=N\NC(=S)NCCN3CCOCC3)c2C)no1. The maximum Gasteiger partial charge on any atom is 0.187 e. The van der Waals surface area contributed by atoms with Crippen LogP contribution in [-0.2, 0) is 4.74 Å². The Hall–Kier alpha value is -2.23. The number of hydrogen-bond acceptors (Lipinski definition) is 6. The maximum atomic E-state index is 5.34. The van der Waals surface area contributed by atoms with E-state index >= 15 is 0 Å². The number of morpholine rings is 1. The number of hydrogen-bond donors (Lipinski definition) is 2. The monoisotopic (exact) mass is 390 g/mol. The molecule has 3 heterocycles. The number of nitrogens with one attached hydrogen (secondary N) is 2. The van der Waals surface area contributed by atoms with Crippen molar-refractivity contribution in [3.8, 4) is 5.82 Å². The van der Waals surface area contributed by atoms with Gasteiger partial charge in [0.05, 0.1) is 19.4 Å². The van der Waals surface area contributed by atoms with Crippen LogP contribution >= 0.6 is 12.2 Å². The van der Waals surface area contributed by atoms with Crippen LogP contribution in [0.1, 0.15) is 22.7 Å². The lowest BCUT2D eigenvalue weighted by Crippen LogP contribution is -2.42. The van der Waals surface area contributed by atoms with Gasteiger partial charge in [0.1, 0.15) is 5.76 Å². The summed E-state index contributed by atoms with van der Waals surface area (Å²) in [5.41, 5.74) is 5.97. The van der Waals surface area contributed by atoms with Crippen molar-refractivity contribution in [2.24, 2.45) is 5.10 Å². The Kier molecular flexibility index (Phi) is 6.59. The number of nitrogens with zero attached hydrogens (tertiary/aromatic N) is 4. The first-order valence-corrected chi connectivity index (χ1v) is 9.45. The normalized spacial score (nSPS) is 15.4. The first kappa shape index (κ1) is 19.5. The average Bonchev–Trinajstić information content (AvgIpc) is 3.19. The van der Waals surface area contributed by atoms with Gasteiger partial charge in [0, 0.05) is 49.2 Å². The van der Waals surface area contributed by atoms with E-state index in [-0.39, 0.29) is 0 Å². The highest BCUT2D eigenvalue weighted by Gasteiger charge is 2.12. The zero-order valence-electron chi connectivity index (χ0n) is 16.0. The second-order valence-electron chi connectivity index (χ2n) is 6.54. The fraction of sp³-hybridized carbons (Fsp3) is 0.500. The van der Waals surface area contributed by atoms with Crippen LogP contribution in [-0.4, -0.2) is 65.3 Å². The highest BCUT2D eigenvalue weighted by Crippen LogP contribution is 2.19. The minimum Gasteiger partial charge on any atom is -0.379 e. The molecule has 9 heteroatoms. The van der Waals surface area contributed by atoms with Crippen LogP contribution in [0.25, 0.3) is 5.82 Å². The molecule has 1 aliphatic rings. The van der Waals surface area contributed by atoms with E-state index < -0.39 is 0 Å². The molecule has 0 aromatic carbocycles. The molecule has 0 atom stereocenters. The first-order chi connectivity index (χ1) is 13.0. The number of aromatic nitrogens is 2. The van der Waals surface area contributed by atoms with Crippen molar-refractivity contribution < 1.29 is 9.26 Å². The fourth-order valence-electron chi connectivity index (χ4n) is 3.08. The van der Waals surface area contributed by atoms with Gasteiger partial charge in [0.25, 0.3) is 0 Å². The molecule has 27 heavy (non-hydrogen) atoms. The molecule has 1 aliphatic heterocycles. The second kappa shape index (κ2) is 9.12. The number of thiocarbonyl (C=S) groups is 1. The molecule has 1 saturated heterocycles. The summed E-state index contributed by atoms with van der Waals surface area (Å²) < 4.78 is 12.6. The number of aryl methyl sites for hydroxylation is 2. The van der Waals surface area contributed by atoms with Crippen LogP contribution in [0, 0.1) is 20.8 Å². The molecule has 0 saturated carbocycles. The summed E-state index contributed by atoms with van der Waals surface area (Å²) in [4.78, 5) is 2.35. The first-order valence-electron chi connectivity index (χ1n) is 9.04. The molecule has 0 spiro atoms. The predicted molar refractivity (Wildman–Crippen MR) is 109 cm³/mol. The van der Waals surface area contributed by atoms with Crippen molar-refractivity contribution in [1.29, 1.82) is 0 Å². The van der Waals surface area contributed by atoms with E-state index in [1.165, 1.54) is 0 Å². The Morgan fingerprint density at radius 1 is 1.30 bits per heavy atom. The highest BCUT2D eigenvalue weighted by atomic mass is 32.1. The lowest BCUT2D eigenvalue weighted by molar-refractivity contribution is 0.0389. The summed E-state index contributed by atoms with van der Waals surface area (Å²) in [6.07, 6.45) is 1.77. The van der Waals surface area contributed by atoms with Gasteiger partial charge in [-0.1, -0.05) is 5.16 Å².